The molecular formula is C23H18FN3O4. The maximum Gasteiger partial charge on any atom is 0.295 e. The number of ether oxygens (including phenoxy) is 1. The maximum absolute atomic E-state index is 14.2. The molecule has 1 saturated heterocycles. The minimum absolute atomic E-state index is 0.00139. The lowest BCUT2D eigenvalue weighted by molar-refractivity contribution is -0.140. The van der Waals surface area contributed by atoms with Gasteiger partial charge in [-0.15, -0.1) is 0 Å². The second-order valence-electron chi connectivity index (χ2n) is 6.92. The quantitative estimate of drug-likeness (QED) is 0.388. The van der Waals surface area contributed by atoms with E-state index in [0.717, 1.165) is 11.6 Å². The molecule has 3 aromatic rings. The monoisotopic (exact) mass is 419 g/mol. The lowest BCUT2D eigenvalue weighted by Crippen LogP contribution is -2.29. The predicted octanol–water partition coefficient (Wildman–Crippen LogP) is 3.25. The first kappa shape index (κ1) is 20.2. The van der Waals surface area contributed by atoms with Crippen molar-refractivity contribution in [3.05, 3.63) is 95.3 Å². The predicted molar refractivity (Wildman–Crippen MR) is 109 cm³/mol. The van der Waals surface area contributed by atoms with Crippen molar-refractivity contribution in [2.45, 2.75) is 12.6 Å². The zero-order valence-electron chi connectivity index (χ0n) is 16.5. The molecule has 0 spiro atoms. The molecule has 1 amide bonds. The van der Waals surface area contributed by atoms with E-state index in [-0.39, 0.29) is 23.4 Å². The van der Waals surface area contributed by atoms with Gasteiger partial charge in [-0.2, -0.15) is 0 Å². The van der Waals surface area contributed by atoms with Gasteiger partial charge in [-0.25, -0.2) is 4.39 Å². The van der Waals surface area contributed by atoms with Crippen molar-refractivity contribution in [1.29, 1.82) is 0 Å². The molecule has 8 heteroatoms. The fraction of sp³-hybridized carbons (Fsp3) is 0.130. The summed E-state index contributed by atoms with van der Waals surface area (Å²) in [7, 11) is 1.32. The van der Waals surface area contributed by atoms with Crippen molar-refractivity contribution in [3.8, 4) is 5.75 Å². The van der Waals surface area contributed by atoms with Crippen molar-refractivity contribution in [1.82, 2.24) is 14.9 Å². The third-order valence-corrected chi connectivity index (χ3v) is 5.07. The van der Waals surface area contributed by atoms with Gasteiger partial charge in [-0.1, -0.05) is 6.07 Å². The van der Waals surface area contributed by atoms with Crippen LogP contribution in [0.1, 0.15) is 22.7 Å². The van der Waals surface area contributed by atoms with Crippen molar-refractivity contribution in [2.75, 3.05) is 7.11 Å². The first-order valence-corrected chi connectivity index (χ1v) is 9.42. The molecule has 156 valence electrons. The number of carbonyl (C=O) groups is 2. The maximum atomic E-state index is 14.2. The average Bonchev–Trinajstić information content (AvgIpc) is 3.04. The van der Waals surface area contributed by atoms with Gasteiger partial charge in [0.15, 0.2) is 11.6 Å². The fourth-order valence-corrected chi connectivity index (χ4v) is 3.58. The number of aromatic nitrogens is 2. The van der Waals surface area contributed by atoms with Gasteiger partial charge in [-0.3, -0.25) is 19.6 Å². The summed E-state index contributed by atoms with van der Waals surface area (Å²) < 4.78 is 19.1. The Morgan fingerprint density at radius 1 is 1.13 bits per heavy atom. The van der Waals surface area contributed by atoms with Gasteiger partial charge >= 0.3 is 0 Å². The average molecular weight is 419 g/mol. The molecule has 0 aliphatic carbocycles. The molecule has 1 unspecified atom stereocenters. The van der Waals surface area contributed by atoms with Gasteiger partial charge in [0, 0.05) is 36.9 Å². The molecule has 1 atom stereocenters. The van der Waals surface area contributed by atoms with E-state index in [0.29, 0.717) is 5.56 Å². The number of carbonyl (C=O) groups excluding carboxylic acids is 2. The molecule has 31 heavy (non-hydrogen) atoms. The van der Waals surface area contributed by atoms with Crippen LogP contribution in [0.5, 0.6) is 5.75 Å². The van der Waals surface area contributed by atoms with Crippen molar-refractivity contribution in [3.63, 3.8) is 0 Å². The van der Waals surface area contributed by atoms with Crippen molar-refractivity contribution >= 4 is 17.4 Å². The Labute approximate surface area is 177 Å². The molecule has 1 aliphatic rings. The number of methoxy groups -OCH3 is 1. The number of benzene rings is 1. The molecule has 0 bridgehead atoms. The summed E-state index contributed by atoms with van der Waals surface area (Å²) in [5.41, 5.74) is 1.25. The van der Waals surface area contributed by atoms with E-state index >= 15 is 0 Å². The van der Waals surface area contributed by atoms with E-state index in [1.807, 2.05) is 0 Å². The number of hydrogen-bond acceptors (Lipinski definition) is 6. The molecular weight excluding hydrogens is 401 g/mol. The van der Waals surface area contributed by atoms with E-state index < -0.39 is 29.3 Å². The van der Waals surface area contributed by atoms with Gasteiger partial charge in [0.1, 0.15) is 5.76 Å². The van der Waals surface area contributed by atoms with Gasteiger partial charge in [0.05, 0.1) is 18.7 Å². The number of aliphatic hydroxyl groups is 1. The standard InChI is InChI=1S/C23H18FN3O4/c1-31-18-5-4-15(11-17(18)24)21(28)19-20(16-3-2-8-26-12-16)27(23(30)22(19)29)13-14-6-9-25-10-7-14/h2-12,20,28H,13H2,1H3. The summed E-state index contributed by atoms with van der Waals surface area (Å²) in [5.74, 6) is -2.78. The highest BCUT2D eigenvalue weighted by atomic mass is 19.1. The van der Waals surface area contributed by atoms with Gasteiger partial charge in [0.25, 0.3) is 11.7 Å². The van der Waals surface area contributed by atoms with Crippen LogP contribution in [0.15, 0.2) is 72.8 Å². The Kier molecular flexibility index (Phi) is 5.44. The highest BCUT2D eigenvalue weighted by molar-refractivity contribution is 6.46. The van der Waals surface area contributed by atoms with Gasteiger partial charge < -0.3 is 14.7 Å². The van der Waals surface area contributed by atoms with E-state index in [2.05, 4.69) is 9.97 Å². The van der Waals surface area contributed by atoms with Crippen LogP contribution >= 0.6 is 0 Å². The minimum Gasteiger partial charge on any atom is -0.507 e. The zero-order chi connectivity index (χ0) is 22.0. The summed E-state index contributed by atoms with van der Waals surface area (Å²) in [6.07, 6.45) is 6.27. The summed E-state index contributed by atoms with van der Waals surface area (Å²) in [6.45, 7) is 0.125. The topological polar surface area (TPSA) is 92.6 Å². The van der Waals surface area contributed by atoms with Crippen molar-refractivity contribution < 1.29 is 23.8 Å². The fourth-order valence-electron chi connectivity index (χ4n) is 3.58. The van der Waals surface area contributed by atoms with Crippen LogP contribution in [0, 0.1) is 5.82 Å². The third-order valence-electron chi connectivity index (χ3n) is 5.07. The number of rotatable bonds is 5. The molecule has 1 aliphatic heterocycles. The summed E-state index contributed by atoms with van der Waals surface area (Å²) in [4.78, 5) is 35.3. The van der Waals surface area contributed by atoms with E-state index in [1.165, 1.54) is 30.3 Å². The number of pyridine rings is 2. The second-order valence-corrected chi connectivity index (χ2v) is 6.92. The molecule has 7 nitrogen and oxygen atoms in total. The molecule has 0 saturated carbocycles. The van der Waals surface area contributed by atoms with Crippen LogP contribution in [0.3, 0.4) is 0 Å². The van der Waals surface area contributed by atoms with Gasteiger partial charge in [-0.05, 0) is 47.5 Å². The smallest absolute Gasteiger partial charge is 0.295 e. The molecule has 1 fully saturated rings. The number of likely N-dealkylation sites (tertiary alicyclic amines) is 1. The third kappa shape index (κ3) is 3.75. The van der Waals surface area contributed by atoms with Crippen LogP contribution in [-0.4, -0.2) is 38.8 Å². The van der Waals surface area contributed by atoms with E-state index in [4.69, 9.17) is 4.74 Å². The summed E-state index contributed by atoms with van der Waals surface area (Å²) in [5, 5.41) is 11.0. The Morgan fingerprint density at radius 3 is 2.55 bits per heavy atom. The lowest BCUT2D eigenvalue weighted by atomic mass is 9.96. The lowest BCUT2D eigenvalue weighted by Gasteiger charge is -2.25. The molecule has 4 rings (SSSR count). The molecule has 0 radical (unpaired) electrons. The zero-order valence-corrected chi connectivity index (χ0v) is 16.5. The van der Waals surface area contributed by atoms with Gasteiger partial charge in [0.2, 0.25) is 0 Å². The van der Waals surface area contributed by atoms with Crippen molar-refractivity contribution in [2.24, 2.45) is 0 Å². The second kappa shape index (κ2) is 8.35. The van der Waals surface area contributed by atoms with Crippen LogP contribution in [0.4, 0.5) is 4.39 Å². The van der Waals surface area contributed by atoms with Crippen LogP contribution in [0.25, 0.3) is 5.76 Å². The SMILES string of the molecule is COc1ccc(C(O)=C2C(=O)C(=O)N(Cc3ccncc3)C2c2cccnc2)cc1F. The number of ketones is 1. The Bertz CT molecular complexity index is 1170. The first-order valence-electron chi connectivity index (χ1n) is 9.42. The number of halogens is 1. The number of amides is 1. The Balaban J connectivity index is 1.85. The van der Waals surface area contributed by atoms with Crippen LogP contribution in [0.2, 0.25) is 0 Å². The first-order chi connectivity index (χ1) is 15.0. The molecule has 1 N–H and O–H groups in total. The molecule has 1 aromatic carbocycles. The number of aliphatic hydroxyl groups excluding tert-OH is 1. The normalized spacial score (nSPS) is 17.7. The Hall–Kier alpha value is -4.07. The largest absolute Gasteiger partial charge is 0.507 e. The summed E-state index contributed by atoms with van der Waals surface area (Å²) >= 11 is 0. The number of Topliss-reactive ketones (excluding diaryl/α,β-unsaturated/α-hetero) is 1. The number of hydrogen-bond donors (Lipinski definition) is 1. The summed E-state index contributed by atoms with van der Waals surface area (Å²) in [6, 6.07) is 9.80. The Morgan fingerprint density at radius 2 is 1.90 bits per heavy atom. The number of nitrogens with zero attached hydrogens (tertiary/aromatic N) is 3. The molecule has 2 aromatic heterocycles. The van der Waals surface area contributed by atoms with Crippen LogP contribution in [-0.2, 0) is 16.1 Å². The van der Waals surface area contributed by atoms with E-state index in [1.54, 1.807) is 42.9 Å². The minimum atomic E-state index is -0.882. The van der Waals surface area contributed by atoms with E-state index in [9.17, 15) is 19.1 Å². The highest BCUT2D eigenvalue weighted by Gasteiger charge is 2.46. The highest BCUT2D eigenvalue weighted by Crippen LogP contribution is 2.40. The van der Waals surface area contributed by atoms with Crippen LogP contribution < -0.4 is 4.74 Å². The molecule has 3 heterocycles.